The molecule has 0 aliphatic heterocycles. The van der Waals surface area contributed by atoms with Crippen molar-refractivity contribution in [2.75, 3.05) is 0 Å². The minimum absolute atomic E-state index is 0.546. The number of aromatic nitrogens is 5. The SMILES string of the molecule is c1ccc(-c2ccc(-c3nc(-c4ccc5c6ccccc6n(-c6ccccc6)c5c4)nc(-c4c(-n5c6cc7ccccc7cc6c6c7ccccc7ccc65)ccc5oc6ccccc6c45)n3)cc2)cc1. The molecular formula is C65H39N5O. The van der Waals surface area contributed by atoms with Crippen molar-refractivity contribution < 1.29 is 4.42 Å². The van der Waals surface area contributed by atoms with Crippen LogP contribution in [0.2, 0.25) is 0 Å². The summed E-state index contributed by atoms with van der Waals surface area (Å²) in [6, 6.07) is 83.9. The predicted molar refractivity (Wildman–Crippen MR) is 293 cm³/mol. The summed E-state index contributed by atoms with van der Waals surface area (Å²) in [6.45, 7) is 0. The average Bonchev–Trinajstić information content (AvgIpc) is 4.10. The maximum atomic E-state index is 6.71. The zero-order valence-corrected chi connectivity index (χ0v) is 38.2. The van der Waals surface area contributed by atoms with Crippen molar-refractivity contribution in [2.24, 2.45) is 0 Å². The molecule has 0 radical (unpaired) electrons. The lowest BCUT2D eigenvalue weighted by Crippen LogP contribution is -2.04. The van der Waals surface area contributed by atoms with E-state index in [0.29, 0.717) is 17.5 Å². The summed E-state index contributed by atoms with van der Waals surface area (Å²) in [5, 5.41) is 11.4. The molecule has 15 aromatic rings. The minimum atomic E-state index is 0.546. The van der Waals surface area contributed by atoms with Gasteiger partial charge >= 0.3 is 0 Å². The third-order valence-electron chi connectivity index (χ3n) is 14.3. The number of benzene rings is 11. The first-order valence-corrected chi connectivity index (χ1v) is 24.0. The van der Waals surface area contributed by atoms with E-state index in [4.69, 9.17) is 19.4 Å². The van der Waals surface area contributed by atoms with Crippen molar-refractivity contribution in [3.63, 3.8) is 0 Å². The molecule has 11 aromatic carbocycles. The standard InChI is InChI=1S/C65H39N5O/c1-3-15-40(16-4-1)41-27-29-43(30-28-41)63-66-64(46-31-33-50-49-23-11-13-25-53(49)69(56(50)39-46)47-20-5-2-6-21-47)68-65(67-63)62-55(35-36-59-61(62)51-24-12-14-26-58(51)71-59)70-54-34-32-42-17-9-10-22-48(42)60(54)52-37-44-18-7-8-19-45(44)38-57(52)70/h1-39H. The molecule has 0 unspecified atom stereocenters. The summed E-state index contributed by atoms with van der Waals surface area (Å²) >= 11 is 0. The molecule has 4 heterocycles. The van der Waals surface area contributed by atoms with E-state index in [0.717, 1.165) is 94.0 Å². The van der Waals surface area contributed by atoms with Crippen LogP contribution in [0, 0.1) is 0 Å². The van der Waals surface area contributed by atoms with Crippen LogP contribution in [0.5, 0.6) is 0 Å². The maximum Gasteiger partial charge on any atom is 0.166 e. The Labute approximate surface area is 407 Å². The molecule has 0 atom stereocenters. The van der Waals surface area contributed by atoms with Gasteiger partial charge in [-0.05, 0) is 93.3 Å². The van der Waals surface area contributed by atoms with E-state index < -0.39 is 0 Å². The average molecular weight is 906 g/mol. The summed E-state index contributed by atoms with van der Waals surface area (Å²) in [7, 11) is 0. The molecule has 0 saturated carbocycles. The van der Waals surface area contributed by atoms with Crippen LogP contribution in [0.4, 0.5) is 0 Å². The summed E-state index contributed by atoms with van der Waals surface area (Å²) in [5.74, 6) is 1.69. The first-order valence-electron chi connectivity index (χ1n) is 24.0. The van der Waals surface area contributed by atoms with Gasteiger partial charge in [0, 0.05) is 49.1 Å². The molecule has 6 nitrogen and oxygen atoms in total. The Morgan fingerprint density at radius 1 is 0.296 bits per heavy atom. The van der Waals surface area contributed by atoms with Crippen LogP contribution in [0.25, 0.3) is 144 Å². The fourth-order valence-electron chi connectivity index (χ4n) is 11.1. The third-order valence-corrected chi connectivity index (χ3v) is 14.3. The summed E-state index contributed by atoms with van der Waals surface area (Å²) < 4.78 is 11.5. The van der Waals surface area contributed by atoms with E-state index in [1.165, 1.54) is 32.3 Å². The van der Waals surface area contributed by atoms with Crippen LogP contribution in [-0.2, 0) is 0 Å². The van der Waals surface area contributed by atoms with Crippen molar-refractivity contribution in [3.8, 4) is 56.7 Å². The van der Waals surface area contributed by atoms with Crippen LogP contribution < -0.4 is 0 Å². The Balaban J connectivity index is 1.05. The molecule has 0 fully saturated rings. The second-order valence-corrected chi connectivity index (χ2v) is 18.3. The molecule has 15 rings (SSSR count). The van der Waals surface area contributed by atoms with E-state index in [1.807, 2.05) is 18.2 Å². The van der Waals surface area contributed by atoms with Gasteiger partial charge in [0.1, 0.15) is 11.2 Å². The first kappa shape index (κ1) is 39.4. The lowest BCUT2D eigenvalue weighted by atomic mass is 10.0. The van der Waals surface area contributed by atoms with Crippen molar-refractivity contribution in [1.29, 1.82) is 0 Å². The highest BCUT2D eigenvalue weighted by atomic mass is 16.3. The van der Waals surface area contributed by atoms with Crippen molar-refractivity contribution >= 4 is 87.1 Å². The van der Waals surface area contributed by atoms with Gasteiger partial charge in [-0.25, -0.2) is 15.0 Å². The van der Waals surface area contributed by atoms with Gasteiger partial charge in [0.2, 0.25) is 0 Å². The van der Waals surface area contributed by atoms with Gasteiger partial charge in [0.05, 0.1) is 33.3 Å². The smallest absolute Gasteiger partial charge is 0.166 e. The number of fused-ring (bicyclic) bond motifs is 12. The molecule has 0 aliphatic rings. The molecule has 6 heteroatoms. The lowest BCUT2D eigenvalue weighted by Gasteiger charge is -2.16. The topological polar surface area (TPSA) is 61.7 Å². The molecule has 0 saturated heterocycles. The quantitative estimate of drug-likeness (QED) is 0.167. The highest BCUT2D eigenvalue weighted by molar-refractivity contribution is 6.24. The number of para-hydroxylation sites is 3. The van der Waals surface area contributed by atoms with Gasteiger partial charge in [-0.3, -0.25) is 0 Å². The van der Waals surface area contributed by atoms with Crippen molar-refractivity contribution in [3.05, 3.63) is 237 Å². The van der Waals surface area contributed by atoms with E-state index in [1.54, 1.807) is 0 Å². The Kier molecular flexibility index (Phi) is 8.56. The van der Waals surface area contributed by atoms with Gasteiger partial charge in [-0.1, -0.05) is 176 Å². The molecular weight excluding hydrogens is 867 g/mol. The molecule has 0 bridgehead atoms. The second kappa shape index (κ2) is 15.4. The highest BCUT2D eigenvalue weighted by Gasteiger charge is 2.26. The van der Waals surface area contributed by atoms with Gasteiger partial charge in [-0.2, -0.15) is 0 Å². The van der Waals surface area contributed by atoms with Crippen LogP contribution in [-0.4, -0.2) is 24.1 Å². The van der Waals surface area contributed by atoms with Crippen molar-refractivity contribution in [1.82, 2.24) is 24.1 Å². The predicted octanol–water partition coefficient (Wildman–Crippen LogP) is 16.9. The molecule has 0 amide bonds. The first-order chi connectivity index (χ1) is 35.2. The van der Waals surface area contributed by atoms with Gasteiger partial charge in [0.15, 0.2) is 17.5 Å². The summed E-state index contributed by atoms with van der Waals surface area (Å²) in [6.07, 6.45) is 0. The molecule has 0 spiro atoms. The minimum Gasteiger partial charge on any atom is -0.456 e. The maximum absolute atomic E-state index is 6.71. The molecule has 71 heavy (non-hydrogen) atoms. The monoisotopic (exact) mass is 905 g/mol. The van der Waals surface area contributed by atoms with Crippen LogP contribution in [0.15, 0.2) is 241 Å². The lowest BCUT2D eigenvalue weighted by molar-refractivity contribution is 0.669. The fraction of sp³-hybridized carbons (Fsp3) is 0. The number of rotatable bonds is 6. The molecule has 0 N–H and O–H groups in total. The van der Waals surface area contributed by atoms with Crippen LogP contribution >= 0.6 is 0 Å². The number of hydrogen-bond acceptors (Lipinski definition) is 4. The van der Waals surface area contributed by atoms with E-state index in [9.17, 15) is 0 Å². The summed E-state index contributed by atoms with van der Waals surface area (Å²) in [5.41, 5.74) is 12.8. The van der Waals surface area contributed by atoms with E-state index in [-0.39, 0.29) is 0 Å². The fourth-order valence-corrected chi connectivity index (χ4v) is 11.1. The normalized spacial score (nSPS) is 11.9. The third kappa shape index (κ3) is 6.11. The van der Waals surface area contributed by atoms with Crippen LogP contribution in [0.1, 0.15) is 0 Å². The number of hydrogen-bond donors (Lipinski definition) is 0. The van der Waals surface area contributed by atoms with Gasteiger partial charge < -0.3 is 13.6 Å². The number of furan rings is 1. The number of nitrogens with zero attached hydrogens (tertiary/aromatic N) is 5. The second-order valence-electron chi connectivity index (χ2n) is 18.3. The Morgan fingerprint density at radius 2 is 0.887 bits per heavy atom. The molecule has 0 aliphatic carbocycles. The van der Waals surface area contributed by atoms with Crippen LogP contribution in [0.3, 0.4) is 0 Å². The van der Waals surface area contributed by atoms with E-state index in [2.05, 4.69) is 228 Å². The highest BCUT2D eigenvalue weighted by Crippen LogP contribution is 2.45. The molecule has 330 valence electrons. The zero-order valence-electron chi connectivity index (χ0n) is 38.2. The van der Waals surface area contributed by atoms with Crippen molar-refractivity contribution in [2.45, 2.75) is 0 Å². The van der Waals surface area contributed by atoms with Gasteiger partial charge in [-0.15, -0.1) is 0 Å². The Bertz CT molecular complexity index is 4620. The van der Waals surface area contributed by atoms with Gasteiger partial charge in [0.25, 0.3) is 0 Å². The molecule has 4 aromatic heterocycles. The summed E-state index contributed by atoms with van der Waals surface area (Å²) in [4.78, 5) is 16.6. The zero-order chi connectivity index (χ0) is 46.6. The van der Waals surface area contributed by atoms with E-state index >= 15 is 0 Å². The Hall–Kier alpha value is -9.65. The Morgan fingerprint density at radius 3 is 1.70 bits per heavy atom. The largest absolute Gasteiger partial charge is 0.456 e.